The van der Waals surface area contributed by atoms with Crippen molar-refractivity contribution in [2.75, 3.05) is 39.6 Å². The first-order chi connectivity index (χ1) is 36.7. The molecule has 75 heavy (non-hydrogen) atoms. The minimum absolute atomic E-state index is 0.0201. The van der Waals surface area contributed by atoms with Gasteiger partial charge < -0.3 is 33.1 Å². The highest BCUT2D eigenvalue weighted by Gasteiger charge is 2.57. The molecule has 2 fully saturated rings. The van der Waals surface area contributed by atoms with Crippen LogP contribution in [0.25, 0.3) is 0 Å². The number of carbonyl (C=O) groups excluding carboxylic acids is 2. The third-order valence-electron chi connectivity index (χ3n) is 14.4. The summed E-state index contributed by atoms with van der Waals surface area (Å²) in [4.78, 5) is 27.3. The number of rotatable bonds is 45. The van der Waals surface area contributed by atoms with Gasteiger partial charge in [0.15, 0.2) is 5.79 Å². The summed E-state index contributed by atoms with van der Waals surface area (Å²) in [5.41, 5.74) is 0.792. The fraction of sp³-hybridized carbons (Fsp3) is 0.726. The smallest absolute Gasteiger partial charge is 0.261 e. The standard InChI is InChI=1S/C62H100N3O9P/c1-6-8-10-12-14-16-18-20-22-24-26-28-30-32-34-38-43-62(44-39-35-33-31-29-27-25-23-21-19-17-15-13-11-9-7-2)73-58-56(49-66)72-57(59(58)74-62)51-69-50-53(5)65(52(3)4)75(70-47-40-45-63)71-48-46-64-60(67)54-41-36-37-42-55(54)61(64)68/h14-17,20-23,36-37,41-42,52-53,56-59,66H,6-13,18-19,24-35,38-40,43-44,46-51H2,1-5H3/b16-14-,17-15-,22-20-,23-21-/t53?,56-,57+,58+,59+,75?/m0/s1. The lowest BCUT2D eigenvalue weighted by Crippen LogP contribution is -2.40. The molecule has 13 heteroatoms. The fourth-order valence-electron chi connectivity index (χ4n) is 10.3. The van der Waals surface area contributed by atoms with E-state index in [4.69, 9.17) is 28.0 Å². The van der Waals surface area contributed by atoms with E-state index in [0.29, 0.717) is 17.7 Å². The molecule has 0 bridgehead atoms. The first-order valence-corrected chi connectivity index (χ1v) is 30.8. The Morgan fingerprint density at radius 1 is 0.680 bits per heavy atom. The van der Waals surface area contributed by atoms with Crippen molar-refractivity contribution in [2.45, 2.75) is 250 Å². The van der Waals surface area contributed by atoms with Crippen molar-refractivity contribution in [1.29, 1.82) is 5.26 Å². The van der Waals surface area contributed by atoms with Gasteiger partial charge in [-0.25, -0.2) is 4.67 Å². The molecular weight excluding hydrogens is 962 g/mol. The molecule has 1 aromatic carbocycles. The van der Waals surface area contributed by atoms with E-state index >= 15 is 0 Å². The highest BCUT2D eigenvalue weighted by molar-refractivity contribution is 7.44. The minimum Gasteiger partial charge on any atom is -0.394 e. The first-order valence-electron chi connectivity index (χ1n) is 29.7. The highest BCUT2D eigenvalue weighted by Crippen LogP contribution is 2.47. The van der Waals surface area contributed by atoms with Crippen LogP contribution in [0.3, 0.4) is 0 Å². The van der Waals surface area contributed by atoms with Crippen LogP contribution in [-0.4, -0.2) is 108 Å². The highest BCUT2D eigenvalue weighted by atomic mass is 31.2. The molecule has 4 rings (SSSR count). The van der Waals surface area contributed by atoms with Crippen molar-refractivity contribution >= 4 is 20.3 Å². The zero-order chi connectivity index (χ0) is 53.8. The lowest BCUT2D eigenvalue weighted by atomic mass is 9.98. The Morgan fingerprint density at radius 2 is 1.15 bits per heavy atom. The average Bonchev–Trinajstić information content (AvgIpc) is 4.02. The zero-order valence-electron chi connectivity index (χ0n) is 47.2. The monoisotopic (exact) mass is 1060 g/mol. The van der Waals surface area contributed by atoms with Gasteiger partial charge in [-0.1, -0.05) is 152 Å². The summed E-state index contributed by atoms with van der Waals surface area (Å²) in [5.74, 6) is -1.38. The van der Waals surface area contributed by atoms with Gasteiger partial charge >= 0.3 is 0 Å². The Bertz CT molecular complexity index is 1780. The molecule has 3 aliphatic rings. The van der Waals surface area contributed by atoms with Crippen LogP contribution in [0.5, 0.6) is 0 Å². The van der Waals surface area contributed by atoms with E-state index in [1.807, 2.05) is 6.92 Å². The van der Waals surface area contributed by atoms with E-state index < -0.39 is 26.5 Å². The number of aliphatic hydroxyl groups is 1. The number of carbonyl (C=O) groups is 2. The molecule has 0 aliphatic carbocycles. The largest absolute Gasteiger partial charge is 0.394 e. The quantitative estimate of drug-likeness (QED) is 0.0289. The molecule has 3 heterocycles. The summed E-state index contributed by atoms with van der Waals surface area (Å²) in [6.07, 6.45) is 47.5. The van der Waals surface area contributed by atoms with Gasteiger partial charge in [0.1, 0.15) is 24.4 Å². The predicted molar refractivity (Wildman–Crippen MR) is 304 cm³/mol. The normalized spacial score (nSPS) is 20.3. The fourth-order valence-corrected chi connectivity index (χ4v) is 11.9. The maximum atomic E-state index is 13.0. The SMILES string of the molecule is CCCCC/C=C\C/C=C\CCCCCCCCC1(CCCCCCCC/C=C\C/C=C\CCCCC)O[C@H]2[C@H](O1)[C@@H](COCC(C)N(C(C)C)P(OCCC#N)OCCN1C(=O)c3ccccc3C1=O)O[C@H]2CO. The molecule has 0 spiro atoms. The van der Waals surface area contributed by atoms with Crippen LogP contribution in [0.15, 0.2) is 72.9 Å². The molecule has 2 saturated heterocycles. The number of imide groups is 1. The predicted octanol–water partition coefficient (Wildman–Crippen LogP) is 15.2. The summed E-state index contributed by atoms with van der Waals surface area (Å²) < 4.78 is 41.4. The second-order valence-corrected chi connectivity index (χ2v) is 22.6. The summed E-state index contributed by atoms with van der Waals surface area (Å²) in [5, 5.41) is 19.9. The summed E-state index contributed by atoms with van der Waals surface area (Å²) in [6.45, 7) is 11.4. The number of unbranched alkanes of at least 4 members (excludes halogenated alkanes) is 18. The molecule has 422 valence electrons. The number of allylic oxidation sites excluding steroid dienone is 8. The van der Waals surface area contributed by atoms with Crippen molar-refractivity contribution in [3.8, 4) is 6.07 Å². The number of hydrogen-bond donors (Lipinski definition) is 1. The number of ether oxygens (including phenoxy) is 4. The maximum Gasteiger partial charge on any atom is 0.261 e. The van der Waals surface area contributed by atoms with Gasteiger partial charge in [-0.2, -0.15) is 5.26 Å². The van der Waals surface area contributed by atoms with Crippen LogP contribution in [-0.2, 0) is 28.0 Å². The molecular formula is C62H100N3O9P. The number of nitriles is 1. The Labute approximate surface area is 456 Å². The Morgan fingerprint density at radius 3 is 1.63 bits per heavy atom. The van der Waals surface area contributed by atoms with Gasteiger partial charge in [0.2, 0.25) is 0 Å². The molecule has 3 aliphatic heterocycles. The van der Waals surface area contributed by atoms with E-state index in [9.17, 15) is 20.0 Å². The van der Waals surface area contributed by atoms with Gasteiger partial charge in [-0.15, -0.1) is 0 Å². The van der Waals surface area contributed by atoms with Gasteiger partial charge in [-0.3, -0.25) is 14.5 Å². The second-order valence-electron chi connectivity index (χ2n) is 21.1. The molecule has 1 N–H and O–H groups in total. The molecule has 0 aromatic heterocycles. The van der Waals surface area contributed by atoms with Gasteiger partial charge in [0, 0.05) is 24.9 Å². The minimum atomic E-state index is -1.68. The van der Waals surface area contributed by atoms with Gasteiger partial charge in [-0.05, 0) is 110 Å². The third kappa shape index (κ3) is 23.8. The summed E-state index contributed by atoms with van der Waals surface area (Å²) in [7, 11) is -1.68. The van der Waals surface area contributed by atoms with Crippen LogP contribution in [0.1, 0.15) is 229 Å². The molecule has 1 aromatic rings. The van der Waals surface area contributed by atoms with Crippen LogP contribution in [0.4, 0.5) is 0 Å². The lowest BCUT2D eigenvalue weighted by molar-refractivity contribution is -0.223. The van der Waals surface area contributed by atoms with E-state index in [1.165, 1.54) is 108 Å². The van der Waals surface area contributed by atoms with Crippen molar-refractivity contribution in [3.63, 3.8) is 0 Å². The van der Waals surface area contributed by atoms with E-state index in [1.54, 1.807) is 24.3 Å². The van der Waals surface area contributed by atoms with Crippen LogP contribution < -0.4 is 0 Å². The van der Waals surface area contributed by atoms with Crippen LogP contribution in [0.2, 0.25) is 0 Å². The number of nitrogens with zero attached hydrogens (tertiary/aromatic N) is 3. The molecule has 0 radical (unpaired) electrons. The molecule has 2 amide bonds. The number of aliphatic hydroxyl groups excluding tert-OH is 1. The van der Waals surface area contributed by atoms with Gasteiger partial charge in [0.25, 0.3) is 20.3 Å². The average molecular weight is 1060 g/mol. The van der Waals surface area contributed by atoms with E-state index in [2.05, 4.69) is 87.0 Å². The Kier molecular flexibility index (Phi) is 33.8. The van der Waals surface area contributed by atoms with Gasteiger partial charge in [0.05, 0.1) is 63.2 Å². The molecule has 2 unspecified atom stereocenters. The van der Waals surface area contributed by atoms with Crippen LogP contribution >= 0.6 is 8.53 Å². The van der Waals surface area contributed by atoms with Crippen LogP contribution in [0, 0.1) is 11.3 Å². The molecule has 0 saturated carbocycles. The Balaban J connectivity index is 1.27. The second kappa shape index (κ2) is 39.3. The number of amides is 2. The lowest BCUT2D eigenvalue weighted by Gasteiger charge is -2.37. The maximum absolute atomic E-state index is 13.0. The van der Waals surface area contributed by atoms with Crippen molar-refractivity contribution in [3.05, 3.63) is 84.0 Å². The summed E-state index contributed by atoms with van der Waals surface area (Å²) >= 11 is 0. The van der Waals surface area contributed by atoms with Crippen molar-refractivity contribution in [2.24, 2.45) is 0 Å². The third-order valence-corrected chi connectivity index (χ3v) is 16.5. The molecule has 6 atom stereocenters. The zero-order valence-corrected chi connectivity index (χ0v) is 48.1. The number of fused-ring (bicyclic) bond motifs is 2. The summed E-state index contributed by atoms with van der Waals surface area (Å²) in [6, 6.07) is 8.78. The van der Waals surface area contributed by atoms with Crippen molar-refractivity contribution < 1.29 is 42.7 Å². The van der Waals surface area contributed by atoms with Crippen molar-refractivity contribution in [1.82, 2.24) is 9.57 Å². The van der Waals surface area contributed by atoms with E-state index in [0.717, 1.165) is 64.2 Å². The number of hydrogen-bond acceptors (Lipinski definition) is 11. The topological polar surface area (TPSA) is 140 Å². The van der Waals surface area contributed by atoms with E-state index in [-0.39, 0.29) is 75.5 Å². The Hall–Kier alpha value is -3.08. The number of benzene rings is 1. The molecule has 12 nitrogen and oxygen atoms in total. The first kappa shape index (κ1) is 64.4.